The Morgan fingerprint density at radius 2 is 2.07 bits per heavy atom. The Hall–Kier alpha value is -0.120. The molecule has 0 aromatic carbocycles. The summed E-state index contributed by atoms with van der Waals surface area (Å²) in [5, 5.41) is 3.59. The third-order valence-electron chi connectivity index (χ3n) is 3.84. The summed E-state index contributed by atoms with van der Waals surface area (Å²) in [6.45, 7) is 9.81. The molecule has 0 aromatic heterocycles. The molecule has 3 heteroatoms. The highest BCUT2D eigenvalue weighted by atomic mass is 16.5. The summed E-state index contributed by atoms with van der Waals surface area (Å²) in [6, 6.07) is 0.536. The molecule has 15 heavy (non-hydrogen) atoms. The lowest BCUT2D eigenvalue weighted by atomic mass is 9.90. The Balaban J connectivity index is 2.02. The molecule has 2 unspecified atom stereocenters. The lowest BCUT2D eigenvalue weighted by Crippen LogP contribution is -2.64. The summed E-state index contributed by atoms with van der Waals surface area (Å²) in [5.41, 5.74) is 0.136. The van der Waals surface area contributed by atoms with Crippen molar-refractivity contribution in [2.45, 2.75) is 45.4 Å². The molecule has 0 aliphatic carbocycles. The summed E-state index contributed by atoms with van der Waals surface area (Å²) in [4.78, 5) is 2.42. The van der Waals surface area contributed by atoms with E-state index in [0.717, 1.165) is 13.2 Å². The summed E-state index contributed by atoms with van der Waals surface area (Å²) in [5.74, 6) is 0. The van der Waals surface area contributed by atoms with Gasteiger partial charge in [0, 0.05) is 12.0 Å². The van der Waals surface area contributed by atoms with Crippen molar-refractivity contribution in [2.24, 2.45) is 5.41 Å². The van der Waals surface area contributed by atoms with E-state index >= 15 is 0 Å². The Labute approximate surface area is 93.2 Å². The van der Waals surface area contributed by atoms with Crippen molar-refractivity contribution < 1.29 is 4.74 Å². The summed E-state index contributed by atoms with van der Waals surface area (Å²) in [7, 11) is 2.20. The Bertz CT molecular complexity index is 230. The first-order chi connectivity index (χ1) is 6.93. The van der Waals surface area contributed by atoms with Crippen molar-refractivity contribution in [3.05, 3.63) is 0 Å². The highest BCUT2D eigenvalue weighted by Gasteiger charge is 2.44. The Kier molecular flexibility index (Phi) is 2.82. The topological polar surface area (TPSA) is 24.5 Å². The second-order valence-corrected chi connectivity index (χ2v) is 6.05. The summed E-state index contributed by atoms with van der Waals surface area (Å²) in [6.07, 6.45) is 2.55. The number of hydrogen-bond donors (Lipinski definition) is 1. The second kappa shape index (κ2) is 3.72. The minimum Gasteiger partial charge on any atom is -0.359 e. The normalized spacial score (nSPS) is 42.0. The van der Waals surface area contributed by atoms with Crippen LogP contribution in [0, 0.1) is 5.41 Å². The van der Waals surface area contributed by atoms with Gasteiger partial charge in [-0.2, -0.15) is 0 Å². The zero-order valence-electron chi connectivity index (χ0n) is 10.5. The van der Waals surface area contributed by atoms with Gasteiger partial charge in [0.05, 0.1) is 12.6 Å². The van der Waals surface area contributed by atoms with Gasteiger partial charge in [-0.1, -0.05) is 13.8 Å². The van der Waals surface area contributed by atoms with Gasteiger partial charge in [0.1, 0.15) is 5.72 Å². The number of likely N-dealkylation sites (N-methyl/N-ethyl adjacent to an activating group) is 1. The van der Waals surface area contributed by atoms with E-state index in [1.165, 1.54) is 19.4 Å². The fourth-order valence-electron chi connectivity index (χ4n) is 2.68. The van der Waals surface area contributed by atoms with E-state index in [2.05, 4.69) is 38.0 Å². The van der Waals surface area contributed by atoms with Gasteiger partial charge in [-0.25, -0.2) is 0 Å². The molecule has 0 amide bonds. The van der Waals surface area contributed by atoms with Crippen LogP contribution in [-0.4, -0.2) is 43.4 Å². The maximum absolute atomic E-state index is 6.08. The molecule has 2 aliphatic rings. The third-order valence-corrected chi connectivity index (χ3v) is 3.84. The Morgan fingerprint density at radius 3 is 2.53 bits per heavy atom. The van der Waals surface area contributed by atoms with Gasteiger partial charge in [-0.15, -0.1) is 0 Å². The van der Waals surface area contributed by atoms with Crippen LogP contribution in [0.4, 0.5) is 0 Å². The highest BCUT2D eigenvalue weighted by molar-refractivity contribution is 4.96. The van der Waals surface area contributed by atoms with Gasteiger partial charge >= 0.3 is 0 Å². The van der Waals surface area contributed by atoms with E-state index < -0.39 is 0 Å². The van der Waals surface area contributed by atoms with Gasteiger partial charge in [0.15, 0.2) is 0 Å². The summed E-state index contributed by atoms with van der Waals surface area (Å²) >= 11 is 0. The first kappa shape index (κ1) is 11.4. The standard InChI is InChI=1S/C12H24N2O/c1-11(2)8-13-12(3,15-9-11)10-6-5-7-14(10)4/h10,13H,5-9H2,1-4H3. The molecule has 3 nitrogen and oxygen atoms in total. The largest absolute Gasteiger partial charge is 0.359 e. The highest BCUT2D eigenvalue weighted by Crippen LogP contribution is 2.32. The van der Waals surface area contributed by atoms with E-state index in [-0.39, 0.29) is 11.1 Å². The van der Waals surface area contributed by atoms with E-state index in [0.29, 0.717) is 6.04 Å². The smallest absolute Gasteiger partial charge is 0.132 e. The van der Waals surface area contributed by atoms with Gasteiger partial charge < -0.3 is 4.74 Å². The number of hydrogen-bond acceptors (Lipinski definition) is 3. The van der Waals surface area contributed by atoms with E-state index in [9.17, 15) is 0 Å². The van der Waals surface area contributed by atoms with Crippen LogP contribution >= 0.6 is 0 Å². The predicted octanol–water partition coefficient (Wildman–Crippen LogP) is 1.44. The van der Waals surface area contributed by atoms with Crippen molar-refractivity contribution in [3.63, 3.8) is 0 Å². The van der Waals surface area contributed by atoms with E-state index in [1.54, 1.807) is 0 Å². The van der Waals surface area contributed by atoms with Crippen LogP contribution in [0.15, 0.2) is 0 Å². The van der Waals surface area contributed by atoms with Gasteiger partial charge in [-0.3, -0.25) is 10.2 Å². The zero-order chi connectivity index (χ0) is 11.1. The molecule has 0 radical (unpaired) electrons. The second-order valence-electron chi connectivity index (χ2n) is 6.05. The molecule has 0 saturated carbocycles. The predicted molar refractivity (Wildman–Crippen MR) is 61.8 cm³/mol. The fourth-order valence-corrected chi connectivity index (χ4v) is 2.68. The van der Waals surface area contributed by atoms with Crippen molar-refractivity contribution in [1.29, 1.82) is 0 Å². The van der Waals surface area contributed by atoms with E-state index in [4.69, 9.17) is 4.74 Å². The molecule has 1 N–H and O–H groups in total. The first-order valence-corrected chi connectivity index (χ1v) is 6.02. The number of ether oxygens (including phenoxy) is 1. The van der Waals surface area contributed by atoms with Crippen molar-refractivity contribution in [3.8, 4) is 0 Å². The molecule has 0 bridgehead atoms. The number of nitrogens with one attached hydrogen (secondary N) is 1. The molecular weight excluding hydrogens is 188 g/mol. The third kappa shape index (κ3) is 2.19. The first-order valence-electron chi connectivity index (χ1n) is 6.02. The fraction of sp³-hybridized carbons (Fsp3) is 1.00. The SMILES string of the molecule is CN1CCCC1C1(C)NCC(C)(C)CO1. The molecule has 2 saturated heterocycles. The zero-order valence-corrected chi connectivity index (χ0v) is 10.5. The lowest BCUT2D eigenvalue weighted by molar-refractivity contribution is -0.156. The van der Waals surface area contributed by atoms with E-state index in [1.807, 2.05) is 0 Å². The maximum atomic E-state index is 6.08. The average molecular weight is 212 g/mol. The van der Waals surface area contributed by atoms with Crippen LogP contribution in [0.5, 0.6) is 0 Å². The molecule has 88 valence electrons. The lowest BCUT2D eigenvalue weighted by Gasteiger charge is -2.47. The quantitative estimate of drug-likeness (QED) is 0.712. The molecular formula is C12H24N2O. The van der Waals surface area contributed by atoms with Crippen LogP contribution in [0.3, 0.4) is 0 Å². The number of nitrogens with zero attached hydrogens (tertiary/aromatic N) is 1. The molecule has 2 rings (SSSR count). The van der Waals surface area contributed by atoms with Gasteiger partial charge in [-0.05, 0) is 33.4 Å². The average Bonchev–Trinajstić information content (AvgIpc) is 2.58. The molecule has 2 aliphatic heterocycles. The molecule has 0 spiro atoms. The van der Waals surface area contributed by atoms with Crippen LogP contribution in [-0.2, 0) is 4.74 Å². The monoisotopic (exact) mass is 212 g/mol. The summed E-state index contributed by atoms with van der Waals surface area (Å²) < 4.78 is 6.08. The van der Waals surface area contributed by atoms with Crippen molar-refractivity contribution >= 4 is 0 Å². The molecule has 2 heterocycles. The number of rotatable bonds is 1. The minimum absolute atomic E-state index is 0.138. The molecule has 2 atom stereocenters. The molecule has 2 fully saturated rings. The Morgan fingerprint density at radius 1 is 1.33 bits per heavy atom. The molecule has 0 aromatic rings. The van der Waals surface area contributed by atoms with Crippen LogP contribution < -0.4 is 5.32 Å². The van der Waals surface area contributed by atoms with Gasteiger partial charge in [0.2, 0.25) is 0 Å². The van der Waals surface area contributed by atoms with Crippen LogP contribution in [0.1, 0.15) is 33.6 Å². The maximum Gasteiger partial charge on any atom is 0.132 e. The number of likely N-dealkylation sites (tertiary alicyclic amines) is 1. The minimum atomic E-state index is -0.138. The van der Waals surface area contributed by atoms with Crippen molar-refractivity contribution in [2.75, 3.05) is 26.7 Å². The van der Waals surface area contributed by atoms with Crippen LogP contribution in [0.2, 0.25) is 0 Å². The van der Waals surface area contributed by atoms with Crippen LogP contribution in [0.25, 0.3) is 0 Å². The van der Waals surface area contributed by atoms with Gasteiger partial charge in [0.25, 0.3) is 0 Å². The van der Waals surface area contributed by atoms with Crippen molar-refractivity contribution in [1.82, 2.24) is 10.2 Å².